The lowest BCUT2D eigenvalue weighted by Crippen LogP contribution is -2.34. The quantitative estimate of drug-likeness (QED) is 0.811. The topological polar surface area (TPSA) is 41.6 Å². The van der Waals surface area contributed by atoms with Crippen LogP contribution in [-0.2, 0) is 6.54 Å². The van der Waals surface area contributed by atoms with Gasteiger partial charge in [0.1, 0.15) is 5.75 Å². The number of ether oxygens (including phenoxy) is 1. The number of urea groups is 1. The molecule has 2 aromatic rings. The van der Waals surface area contributed by atoms with E-state index < -0.39 is 0 Å². The fourth-order valence-electron chi connectivity index (χ4n) is 2.13. The Kier molecular flexibility index (Phi) is 6.27. The van der Waals surface area contributed by atoms with E-state index in [0.717, 1.165) is 24.4 Å². The van der Waals surface area contributed by atoms with Crippen molar-refractivity contribution in [3.05, 3.63) is 46.7 Å². The minimum atomic E-state index is -0.0720. The SMILES string of the molecule is CCCN(Cc1ccsc1)C(=O)Nc1ccc(OCC)cc1. The van der Waals surface area contributed by atoms with E-state index in [1.807, 2.05) is 41.5 Å². The molecule has 2 rings (SSSR count). The van der Waals surface area contributed by atoms with Crippen molar-refractivity contribution >= 4 is 23.1 Å². The number of hydrogen-bond acceptors (Lipinski definition) is 3. The molecule has 1 N–H and O–H groups in total. The molecule has 4 nitrogen and oxygen atoms in total. The summed E-state index contributed by atoms with van der Waals surface area (Å²) in [5.41, 5.74) is 1.94. The highest BCUT2D eigenvalue weighted by molar-refractivity contribution is 7.07. The second kappa shape index (κ2) is 8.44. The summed E-state index contributed by atoms with van der Waals surface area (Å²) in [4.78, 5) is 14.3. The van der Waals surface area contributed by atoms with Crippen molar-refractivity contribution in [2.75, 3.05) is 18.5 Å². The van der Waals surface area contributed by atoms with Gasteiger partial charge in [-0.25, -0.2) is 4.79 Å². The van der Waals surface area contributed by atoms with E-state index >= 15 is 0 Å². The molecule has 0 fully saturated rings. The molecule has 1 aromatic heterocycles. The summed E-state index contributed by atoms with van der Waals surface area (Å²) in [7, 11) is 0. The standard InChI is InChI=1S/C17H22N2O2S/c1-3-10-19(12-14-9-11-22-13-14)17(20)18-15-5-7-16(8-6-15)21-4-2/h5-9,11,13H,3-4,10,12H2,1-2H3,(H,18,20). The van der Waals surface area contributed by atoms with Gasteiger partial charge in [0.2, 0.25) is 0 Å². The maximum Gasteiger partial charge on any atom is 0.322 e. The molecule has 0 aliphatic rings. The average molecular weight is 318 g/mol. The maximum absolute atomic E-state index is 12.4. The van der Waals surface area contributed by atoms with Crippen LogP contribution in [0, 0.1) is 0 Å². The molecule has 1 heterocycles. The molecule has 0 radical (unpaired) electrons. The Labute approximate surface area is 135 Å². The van der Waals surface area contributed by atoms with Gasteiger partial charge >= 0.3 is 6.03 Å². The summed E-state index contributed by atoms with van der Waals surface area (Å²) in [6.07, 6.45) is 0.931. The largest absolute Gasteiger partial charge is 0.494 e. The molecule has 22 heavy (non-hydrogen) atoms. The number of nitrogens with zero attached hydrogens (tertiary/aromatic N) is 1. The van der Waals surface area contributed by atoms with Crippen LogP contribution in [0.1, 0.15) is 25.8 Å². The predicted octanol–water partition coefficient (Wildman–Crippen LogP) is 4.59. The first kappa shape index (κ1) is 16.4. The third-order valence-corrected chi connectivity index (χ3v) is 3.88. The summed E-state index contributed by atoms with van der Waals surface area (Å²) >= 11 is 1.65. The Morgan fingerprint density at radius 2 is 2.00 bits per heavy atom. The average Bonchev–Trinajstić information content (AvgIpc) is 3.02. The number of hydrogen-bond donors (Lipinski definition) is 1. The third kappa shape index (κ3) is 4.77. The normalized spacial score (nSPS) is 10.3. The molecule has 2 amide bonds. The molecule has 0 bridgehead atoms. The van der Waals surface area contributed by atoms with Crippen LogP contribution in [0.15, 0.2) is 41.1 Å². The highest BCUT2D eigenvalue weighted by atomic mass is 32.1. The van der Waals surface area contributed by atoms with Crippen molar-refractivity contribution in [1.29, 1.82) is 0 Å². The number of nitrogens with one attached hydrogen (secondary N) is 1. The molecule has 0 saturated heterocycles. The van der Waals surface area contributed by atoms with E-state index in [0.29, 0.717) is 13.2 Å². The monoisotopic (exact) mass is 318 g/mol. The zero-order valence-corrected chi connectivity index (χ0v) is 13.9. The molecule has 0 saturated carbocycles. The molecule has 1 aromatic carbocycles. The first-order valence-electron chi connectivity index (χ1n) is 7.52. The van der Waals surface area contributed by atoms with E-state index in [2.05, 4.69) is 23.7 Å². The number of thiophene rings is 1. The number of rotatable bonds is 7. The highest BCUT2D eigenvalue weighted by Crippen LogP contribution is 2.17. The first-order chi connectivity index (χ1) is 10.7. The summed E-state index contributed by atoms with van der Waals surface area (Å²) < 4.78 is 5.40. The van der Waals surface area contributed by atoms with Crippen LogP contribution in [-0.4, -0.2) is 24.1 Å². The van der Waals surface area contributed by atoms with Crippen molar-refractivity contribution in [2.45, 2.75) is 26.8 Å². The van der Waals surface area contributed by atoms with E-state index in [1.165, 1.54) is 5.56 Å². The van der Waals surface area contributed by atoms with Gasteiger partial charge in [0.15, 0.2) is 0 Å². The van der Waals surface area contributed by atoms with E-state index in [1.54, 1.807) is 11.3 Å². The number of carbonyl (C=O) groups is 1. The molecule has 0 atom stereocenters. The zero-order chi connectivity index (χ0) is 15.8. The Morgan fingerprint density at radius 3 is 2.59 bits per heavy atom. The smallest absolute Gasteiger partial charge is 0.322 e. The highest BCUT2D eigenvalue weighted by Gasteiger charge is 2.13. The molecular formula is C17H22N2O2S. The van der Waals surface area contributed by atoms with Gasteiger partial charge in [0.25, 0.3) is 0 Å². The second-order valence-corrected chi connectivity index (χ2v) is 5.72. The van der Waals surface area contributed by atoms with Crippen LogP contribution in [0.3, 0.4) is 0 Å². The Bertz CT molecular complexity index is 567. The number of amides is 2. The molecule has 0 aliphatic heterocycles. The minimum absolute atomic E-state index is 0.0720. The fourth-order valence-corrected chi connectivity index (χ4v) is 2.79. The molecule has 5 heteroatoms. The molecule has 0 spiro atoms. The van der Waals surface area contributed by atoms with Crippen LogP contribution in [0.2, 0.25) is 0 Å². The van der Waals surface area contributed by atoms with Crippen molar-refractivity contribution in [3.8, 4) is 5.75 Å². The van der Waals surface area contributed by atoms with E-state index in [4.69, 9.17) is 4.74 Å². The molecule has 0 aliphatic carbocycles. The van der Waals surface area contributed by atoms with Gasteiger partial charge < -0.3 is 15.0 Å². The molecular weight excluding hydrogens is 296 g/mol. The Hall–Kier alpha value is -2.01. The lowest BCUT2D eigenvalue weighted by molar-refractivity contribution is 0.209. The summed E-state index contributed by atoms with van der Waals surface area (Å²) in [5, 5.41) is 7.05. The van der Waals surface area contributed by atoms with E-state index in [-0.39, 0.29) is 6.03 Å². The first-order valence-corrected chi connectivity index (χ1v) is 8.47. The van der Waals surface area contributed by atoms with Gasteiger partial charge in [-0.15, -0.1) is 0 Å². The van der Waals surface area contributed by atoms with Crippen LogP contribution < -0.4 is 10.1 Å². The second-order valence-electron chi connectivity index (χ2n) is 4.94. The van der Waals surface area contributed by atoms with Crippen molar-refractivity contribution in [2.24, 2.45) is 0 Å². The van der Waals surface area contributed by atoms with Gasteiger partial charge in [-0.2, -0.15) is 11.3 Å². The van der Waals surface area contributed by atoms with Crippen LogP contribution in [0.5, 0.6) is 5.75 Å². The molecule has 0 unspecified atom stereocenters. The van der Waals surface area contributed by atoms with Crippen LogP contribution in [0.25, 0.3) is 0 Å². The summed E-state index contributed by atoms with van der Waals surface area (Å²) in [5.74, 6) is 0.809. The van der Waals surface area contributed by atoms with Crippen LogP contribution in [0.4, 0.5) is 10.5 Å². The lowest BCUT2D eigenvalue weighted by Gasteiger charge is -2.22. The van der Waals surface area contributed by atoms with Gasteiger partial charge in [0, 0.05) is 18.8 Å². The molecule has 118 valence electrons. The van der Waals surface area contributed by atoms with Crippen molar-refractivity contribution < 1.29 is 9.53 Å². The third-order valence-electron chi connectivity index (χ3n) is 3.15. The van der Waals surface area contributed by atoms with Gasteiger partial charge in [0.05, 0.1) is 6.61 Å². The Morgan fingerprint density at radius 1 is 1.23 bits per heavy atom. The number of benzene rings is 1. The number of anilines is 1. The minimum Gasteiger partial charge on any atom is -0.494 e. The van der Waals surface area contributed by atoms with Crippen LogP contribution >= 0.6 is 11.3 Å². The predicted molar refractivity (Wildman–Crippen MR) is 91.6 cm³/mol. The van der Waals surface area contributed by atoms with E-state index in [9.17, 15) is 4.79 Å². The van der Waals surface area contributed by atoms with Crippen molar-refractivity contribution in [1.82, 2.24) is 4.90 Å². The summed E-state index contributed by atoms with van der Waals surface area (Å²) in [6, 6.07) is 9.43. The lowest BCUT2D eigenvalue weighted by atomic mass is 10.3. The van der Waals surface area contributed by atoms with Crippen molar-refractivity contribution in [3.63, 3.8) is 0 Å². The van der Waals surface area contributed by atoms with Gasteiger partial charge in [-0.1, -0.05) is 6.92 Å². The fraction of sp³-hybridized carbons (Fsp3) is 0.353. The summed E-state index contributed by atoms with van der Waals surface area (Å²) in [6.45, 7) is 6.03. The number of carbonyl (C=O) groups excluding carboxylic acids is 1. The maximum atomic E-state index is 12.4. The Balaban J connectivity index is 1.97. The van der Waals surface area contributed by atoms with Gasteiger partial charge in [-0.3, -0.25) is 0 Å². The van der Waals surface area contributed by atoms with Gasteiger partial charge in [-0.05, 0) is 60.0 Å². The zero-order valence-electron chi connectivity index (χ0n) is 13.0.